The van der Waals surface area contributed by atoms with Crippen molar-refractivity contribution in [3.63, 3.8) is 0 Å². The van der Waals surface area contributed by atoms with E-state index in [-0.39, 0.29) is 24.3 Å². The third-order valence-corrected chi connectivity index (χ3v) is 6.65. The van der Waals surface area contributed by atoms with E-state index in [1.165, 1.54) is 0 Å². The zero-order chi connectivity index (χ0) is 25.4. The topological polar surface area (TPSA) is 101 Å². The van der Waals surface area contributed by atoms with Crippen molar-refractivity contribution in [2.75, 3.05) is 26.2 Å². The molecule has 1 aromatic heterocycles. The molecule has 9 heteroatoms. The number of piperazine rings is 1. The highest BCUT2D eigenvalue weighted by atomic mass is 35.5. The lowest BCUT2D eigenvalue weighted by Gasteiger charge is -2.31. The zero-order valence-corrected chi connectivity index (χ0v) is 21.4. The molecule has 1 aromatic rings. The highest BCUT2D eigenvalue weighted by Crippen LogP contribution is 2.26. The van der Waals surface area contributed by atoms with Crippen LogP contribution in [0.1, 0.15) is 45.6 Å². The van der Waals surface area contributed by atoms with Crippen molar-refractivity contribution in [1.82, 2.24) is 15.2 Å². The van der Waals surface area contributed by atoms with Crippen LogP contribution in [0.15, 0.2) is 36.2 Å². The summed E-state index contributed by atoms with van der Waals surface area (Å²) in [5, 5.41) is 14.2. The standard InChI is InChI=1S/C26H36ClN3O5/c1-17-4-6-22(31)14-24(32)35-25(19(3)12-20-13-21(27)16-29-15-20)18(2)5-7-23(17)34-26(33)30-10-8-28-9-11-30/h5,7,12-13,15-18,22-23,25,28,31H,4,6,8-11,14H2,1-3H3/b7-5-,19-12+/t17-,18-,22+,23-,25-/m0/s1. The number of aliphatic hydroxyl groups excluding tert-OH is 1. The van der Waals surface area contributed by atoms with Gasteiger partial charge in [0.1, 0.15) is 12.2 Å². The Morgan fingerprint density at radius 3 is 2.71 bits per heavy atom. The van der Waals surface area contributed by atoms with Crippen LogP contribution in [0.2, 0.25) is 5.02 Å². The number of cyclic esters (lactones) is 1. The Labute approximate surface area is 212 Å². The summed E-state index contributed by atoms with van der Waals surface area (Å²) in [6.07, 6.45) is 7.71. The Hall–Kier alpha value is -2.42. The van der Waals surface area contributed by atoms with E-state index < -0.39 is 24.3 Å². The monoisotopic (exact) mass is 505 g/mol. The van der Waals surface area contributed by atoms with Gasteiger partial charge in [0.25, 0.3) is 0 Å². The molecule has 0 radical (unpaired) electrons. The second-order valence-corrected chi connectivity index (χ2v) is 9.91. The molecule has 1 fully saturated rings. The van der Waals surface area contributed by atoms with Gasteiger partial charge >= 0.3 is 12.1 Å². The molecule has 0 unspecified atom stereocenters. The molecule has 8 nitrogen and oxygen atoms in total. The quantitative estimate of drug-likeness (QED) is 0.475. The number of aliphatic hydroxyl groups is 1. The second-order valence-electron chi connectivity index (χ2n) is 9.48. The van der Waals surface area contributed by atoms with Gasteiger partial charge in [0.05, 0.1) is 17.5 Å². The van der Waals surface area contributed by atoms with Crippen LogP contribution in [0.25, 0.3) is 6.08 Å². The van der Waals surface area contributed by atoms with E-state index in [4.69, 9.17) is 21.1 Å². The number of pyridine rings is 1. The number of carbonyl (C=O) groups is 2. The first kappa shape index (κ1) is 27.2. The molecule has 1 amide bonds. The van der Waals surface area contributed by atoms with E-state index in [0.29, 0.717) is 31.0 Å². The third-order valence-electron chi connectivity index (χ3n) is 6.44. The van der Waals surface area contributed by atoms with Crippen LogP contribution in [0.3, 0.4) is 0 Å². The third kappa shape index (κ3) is 8.33. The number of hydrogen-bond donors (Lipinski definition) is 2. The Morgan fingerprint density at radius 2 is 2.00 bits per heavy atom. The number of esters is 1. The van der Waals surface area contributed by atoms with Crippen molar-refractivity contribution < 1.29 is 24.2 Å². The van der Waals surface area contributed by atoms with E-state index >= 15 is 0 Å². The van der Waals surface area contributed by atoms with E-state index in [2.05, 4.69) is 10.3 Å². The molecular formula is C26H36ClN3O5. The highest BCUT2D eigenvalue weighted by molar-refractivity contribution is 6.30. The second kappa shape index (κ2) is 13.0. The lowest BCUT2D eigenvalue weighted by Crippen LogP contribution is -2.47. The molecule has 0 aromatic carbocycles. The van der Waals surface area contributed by atoms with Gasteiger partial charge in [-0.2, -0.15) is 0 Å². The smallest absolute Gasteiger partial charge is 0.410 e. The normalized spacial score (nSPS) is 30.0. The summed E-state index contributed by atoms with van der Waals surface area (Å²) in [6.45, 7) is 8.54. The molecule has 192 valence electrons. The number of carbonyl (C=O) groups excluding carboxylic acids is 2. The number of hydrogen-bond acceptors (Lipinski definition) is 7. The summed E-state index contributed by atoms with van der Waals surface area (Å²) >= 11 is 6.07. The molecule has 5 atom stereocenters. The molecule has 2 N–H and O–H groups in total. The lowest BCUT2D eigenvalue weighted by molar-refractivity contribution is -0.151. The van der Waals surface area contributed by atoms with E-state index in [1.807, 2.05) is 39.0 Å². The van der Waals surface area contributed by atoms with Gasteiger partial charge in [-0.15, -0.1) is 0 Å². The Morgan fingerprint density at radius 1 is 1.26 bits per heavy atom. The largest absolute Gasteiger partial charge is 0.457 e. The minimum absolute atomic E-state index is 0.0250. The van der Waals surface area contributed by atoms with Gasteiger partial charge in [-0.05, 0) is 49.0 Å². The number of nitrogens with one attached hydrogen (secondary N) is 1. The maximum Gasteiger partial charge on any atom is 0.410 e. The summed E-state index contributed by atoms with van der Waals surface area (Å²) in [5.74, 6) is -0.677. The molecule has 2 aliphatic heterocycles. The van der Waals surface area contributed by atoms with Crippen LogP contribution in [0, 0.1) is 11.8 Å². The first-order chi connectivity index (χ1) is 16.7. The molecule has 35 heavy (non-hydrogen) atoms. The Kier molecular flexibility index (Phi) is 10.1. The lowest BCUT2D eigenvalue weighted by atomic mass is 9.91. The van der Waals surface area contributed by atoms with Crippen LogP contribution in [-0.2, 0) is 14.3 Å². The molecule has 3 rings (SSSR count). The van der Waals surface area contributed by atoms with Crippen molar-refractivity contribution in [2.24, 2.45) is 11.8 Å². The van der Waals surface area contributed by atoms with Crippen LogP contribution in [0.5, 0.6) is 0 Å². The number of ether oxygens (including phenoxy) is 2. The molecular weight excluding hydrogens is 470 g/mol. The SMILES string of the molecule is C/C(=C\c1cncc(Cl)c1)[C@H]1OC(=O)C[C@H](O)CC[C@H](C)[C@@H](OC(=O)N2CCNCC2)/C=C\[C@@H]1C. The van der Waals surface area contributed by atoms with Crippen molar-refractivity contribution in [1.29, 1.82) is 0 Å². The molecule has 1 saturated heterocycles. The summed E-state index contributed by atoms with van der Waals surface area (Å²) in [7, 11) is 0. The summed E-state index contributed by atoms with van der Waals surface area (Å²) in [4.78, 5) is 31.2. The number of halogens is 1. The van der Waals surface area contributed by atoms with Crippen LogP contribution < -0.4 is 5.32 Å². The van der Waals surface area contributed by atoms with Gasteiger partial charge in [-0.1, -0.05) is 37.6 Å². The van der Waals surface area contributed by atoms with E-state index in [1.54, 1.807) is 23.4 Å². The number of rotatable bonds is 3. The summed E-state index contributed by atoms with van der Waals surface area (Å²) in [6, 6.07) is 1.78. The highest BCUT2D eigenvalue weighted by Gasteiger charge is 2.28. The maximum atomic E-state index is 12.8. The number of amides is 1. The van der Waals surface area contributed by atoms with Gasteiger partial charge in [-0.25, -0.2) is 4.79 Å². The molecule has 2 aliphatic rings. The van der Waals surface area contributed by atoms with Crippen LogP contribution in [-0.4, -0.2) is 71.5 Å². The number of nitrogens with zero attached hydrogens (tertiary/aromatic N) is 2. The predicted molar refractivity (Wildman–Crippen MR) is 135 cm³/mol. The summed E-state index contributed by atoms with van der Waals surface area (Å²) < 4.78 is 11.7. The minimum Gasteiger partial charge on any atom is -0.457 e. The fourth-order valence-corrected chi connectivity index (χ4v) is 4.52. The van der Waals surface area contributed by atoms with Gasteiger partial charge in [0.2, 0.25) is 0 Å². The van der Waals surface area contributed by atoms with Gasteiger partial charge in [-0.3, -0.25) is 9.78 Å². The molecule has 0 aliphatic carbocycles. The predicted octanol–water partition coefficient (Wildman–Crippen LogP) is 3.83. The van der Waals surface area contributed by atoms with Crippen molar-refractivity contribution in [3.8, 4) is 0 Å². The molecule has 0 saturated carbocycles. The van der Waals surface area contributed by atoms with E-state index in [9.17, 15) is 14.7 Å². The van der Waals surface area contributed by atoms with E-state index in [0.717, 1.165) is 24.2 Å². The first-order valence-corrected chi connectivity index (χ1v) is 12.6. The fourth-order valence-electron chi connectivity index (χ4n) is 4.34. The fraction of sp³-hybridized carbons (Fsp3) is 0.577. The van der Waals surface area contributed by atoms with Crippen LogP contribution >= 0.6 is 11.6 Å². The maximum absolute atomic E-state index is 12.8. The first-order valence-electron chi connectivity index (χ1n) is 12.2. The Balaban J connectivity index is 1.83. The average molecular weight is 506 g/mol. The molecule has 0 bridgehead atoms. The molecule has 3 heterocycles. The van der Waals surface area contributed by atoms with Crippen LogP contribution in [0.4, 0.5) is 4.79 Å². The summed E-state index contributed by atoms with van der Waals surface area (Å²) in [5.41, 5.74) is 1.61. The van der Waals surface area contributed by atoms with Gasteiger partial charge in [0, 0.05) is 44.5 Å². The Bertz CT molecular complexity index is 931. The minimum atomic E-state index is -0.824. The number of aromatic nitrogens is 1. The van der Waals surface area contributed by atoms with Crippen molar-refractivity contribution in [2.45, 2.75) is 58.3 Å². The van der Waals surface area contributed by atoms with Gasteiger partial charge < -0.3 is 24.8 Å². The van der Waals surface area contributed by atoms with Crippen molar-refractivity contribution >= 4 is 29.7 Å². The van der Waals surface area contributed by atoms with Gasteiger partial charge in [0.15, 0.2) is 0 Å². The zero-order valence-electron chi connectivity index (χ0n) is 20.7. The average Bonchev–Trinajstić information content (AvgIpc) is 2.83. The van der Waals surface area contributed by atoms with Crippen molar-refractivity contribution in [3.05, 3.63) is 46.8 Å². The molecule has 0 spiro atoms.